The monoisotopic (exact) mass is 526 g/mol. The maximum Gasteiger partial charge on any atom is 0.255 e. The number of H-pyrrole nitrogens is 1. The van der Waals surface area contributed by atoms with Crippen LogP contribution in [0.4, 0.5) is 4.39 Å². The number of pyridine rings is 1. The summed E-state index contributed by atoms with van der Waals surface area (Å²) >= 11 is 0. The van der Waals surface area contributed by atoms with Gasteiger partial charge in [0.25, 0.3) is 11.8 Å². The molecule has 3 heterocycles. The summed E-state index contributed by atoms with van der Waals surface area (Å²) in [7, 11) is 1.39. The molecule has 1 aliphatic carbocycles. The first-order chi connectivity index (χ1) is 18.2. The Kier molecular flexibility index (Phi) is 6.97. The minimum absolute atomic E-state index is 0.0139. The number of likely N-dealkylation sites (tertiary alicyclic amines) is 1. The van der Waals surface area contributed by atoms with Crippen LogP contribution in [0.15, 0.2) is 24.4 Å². The van der Waals surface area contributed by atoms with Gasteiger partial charge in [-0.05, 0) is 44.7 Å². The predicted octanol–water partition coefficient (Wildman–Crippen LogP) is 2.16. The van der Waals surface area contributed by atoms with E-state index in [4.69, 9.17) is 9.47 Å². The van der Waals surface area contributed by atoms with Gasteiger partial charge < -0.3 is 34.9 Å². The minimum atomic E-state index is -1.20. The van der Waals surface area contributed by atoms with E-state index >= 15 is 0 Å². The second-order valence-corrected chi connectivity index (χ2v) is 10.0. The van der Waals surface area contributed by atoms with E-state index in [-0.39, 0.29) is 18.8 Å². The summed E-state index contributed by atoms with van der Waals surface area (Å²) < 4.78 is 25.8. The van der Waals surface area contributed by atoms with Crippen molar-refractivity contribution in [3.8, 4) is 22.6 Å². The topological polar surface area (TPSA) is 137 Å². The number of ether oxygens (including phenoxy) is 2. The van der Waals surface area contributed by atoms with Crippen LogP contribution in [0.25, 0.3) is 22.2 Å². The summed E-state index contributed by atoms with van der Waals surface area (Å²) in [5, 5.41) is 22.8. The molecule has 10 nitrogen and oxygen atoms in total. The van der Waals surface area contributed by atoms with Crippen LogP contribution in [-0.4, -0.2) is 82.0 Å². The number of amides is 2. The largest absolute Gasteiger partial charge is 0.494 e. The third kappa shape index (κ3) is 4.91. The summed E-state index contributed by atoms with van der Waals surface area (Å²) in [5.74, 6) is -0.602. The SMILES string of the molecule is COc1cc(-c2ccnc3c(C(=O)N[C@H]4CN(C(=O)[C@H](C)O)C[C@H]4O)c(C)[nH]c23)c(OCC2CC2)cc1F. The smallest absolute Gasteiger partial charge is 0.255 e. The zero-order chi connectivity index (χ0) is 27.1. The van der Waals surface area contributed by atoms with E-state index in [1.54, 1.807) is 25.3 Å². The Morgan fingerprint density at radius 3 is 2.71 bits per heavy atom. The van der Waals surface area contributed by atoms with Crippen molar-refractivity contribution in [3.63, 3.8) is 0 Å². The molecule has 202 valence electrons. The Morgan fingerprint density at radius 1 is 1.26 bits per heavy atom. The zero-order valence-corrected chi connectivity index (χ0v) is 21.5. The molecule has 0 unspecified atom stereocenters. The molecule has 1 saturated carbocycles. The third-order valence-electron chi connectivity index (χ3n) is 7.09. The van der Waals surface area contributed by atoms with E-state index in [2.05, 4.69) is 15.3 Å². The average molecular weight is 527 g/mol. The molecule has 0 spiro atoms. The maximum absolute atomic E-state index is 14.6. The molecule has 11 heteroatoms. The van der Waals surface area contributed by atoms with Gasteiger partial charge in [-0.1, -0.05) is 0 Å². The standard InChI is InChI=1S/C27H31FN4O6/c1-13-23(26(35)31-19-10-32(11-20(19)34)27(36)14(2)33)25-24(30-13)16(6-7-29-25)17-8-22(37-3)18(28)9-21(17)38-12-15-4-5-15/h6-9,14-15,19-20,30,33-34H,4-5,10-12H2,1-3H3,(H,31,35)/t14-,19-,20+/m0/s1. The number of aliphatic hydroxyl groups excluding tert-OH is 2. The van der Waals surface area contributed by atoms with Crippen molar-refractivity contribution in [1.29, 1.82) is 0 Å². The van der Waals surface area contributed by atoms with Gasteiger partial charge in [0.05, 0.1) is 36.9 Å². The Bertz CT molecular complexity index is 1390. The maximum atomic E-state index is 14.6. The number of aliphatic hydroxyl groups is 2. The number of methoxy groups -OCH3 is 1. The molecule has 1 saturated heterocycles. The van der Waals surface area contributed by atoms with E-state index in [1.807, 2.05) is 0 Å². The number of fused-ring (bicyclic) bond motifs is 1. The lowest BCUT2D eigenvalue weighted by Gasteiger charge is -2.18. The molecule has 2 fully saturated rings. The fourth-order valence-electron chi connectivity index (χ4n) is 4.83. The molecule has 2 aliphatic rings. The van der Waals surface area contributed by atoms with Crippen LogP contribution in [-0.2, 0) is 4.79 Å². The molecule has 38 heavy (non-hydrogen) atoms. The Balaban J connectivity index is 1.48. The van der Waals surface area contributed by atoms with Gasteiger partial charge in [0.15, 0.2) is 11.6 Å². The van der Waals surface area contributed by atoms with Crippen molar-refractivity contribution in [2.24, 2.45) is 5.92 Å². The molecule has 5 rings (SSSR count). The van der Waals surface area contributed by atoms with Crippen molar-refractivity contribution in [2.45, 2.75) is 44.9 Å². The average Bonchev–Trinajstić information content (AvgIpc) is 3.55. The van der Waals surface area contributed by atoms with Gasteiger partial charge in [0, 0.05) is 42.2 Å². The van der Waals surface area contributed by atoms with Crippen LogP contribution in [0.1, 0.15) is 35.8 Å². The number of rotatable bonds is 8. The highest BCUT2D eigenvalue weighted by atomic mass is 19.1. The number of benzene rings is 1. The summed E-state index contributed by atoms with van der Waals surface area (Å²) in [6.45, 7) is 3.68. The molecule has 3 aromatic rings. The number of β-amino-alcohol motifs (C(OH)–C–C–N with tert-alkyl or cyclic N) is 1. The molecular formula is C27H31FN4O6. The fourth-order valence-corrected chi connectivity index (χ4v) is 4.83. The Hall–Kier alpha value is -3.70. The van der Waals surface area contributed by atoms with Gasteiger partial charge in [-0.15, -0.1) is 0 Å². The fraction of sp³-hybridized carbons (Fsp3) is 0.444. The number of aryl methyl sites for hydroxylation is 1. The van der Waals surface area contributed by atoms with Crippen molar-refractivity contribution in [1.82, 2.24) is 20.2 Å². The van der Waals surface area contributed by atoms with Crippen LogP contribution < -0.4 is 14.8 Å². The molecule has 1 aromatic carbocycles. The van der Waals surface area contributed by atoms with Crippen molar-refractivity contribution >= 4 is 22.8 Å². The van der Waals surface area contributed by atoms with Gasteiger partial charge >= 0.3 is 0 Å². The highest BCUT2D eigenvalue weighted by Crippen LogP contribution is 2.40. The number of carbonyl (C=O) groups is 2. The lowest BCUT2D eigenvalue weighted by atomic mass is 10.0. The lowest BCUT2D eigenvalue weighted by Crippen LogP contribution is -2.43. The van der Waals surface area contributed by atoms with Gasteiger partial charge in [0.2, 0.25) is 0 Å². The van der Waals surface area contributed by atoms with Gasteiger partial charge in [0.1, 0.15) is 17.4 Å². The summed E-state index contributed by atoms with van der Waals surface area (Å²) in [4.78, 5) is 34.5. The van der Waals surface area contributed by atoms with Gasteiger partial charge in [-0.25, -0.2) is 4.39 Å². The van der Waals surface area contributed by atoms with Crippen LogP contribution in [0, 0.1) is 18.7 Å². The first-order valence-electron chi connectivity index (χ1n) is 12.6. The van der Waals surface area contributed by atoms with Crippen LogP contribution >= 0.6 is 0 Å². The van der Waals surface area contributed by atoms with E-state index in [1.165, 1.54) is 25.0 Å². The van der Waals surface area contributed by atoms with Gasteiger partial charge in [-0.3, -0.25) is 14.6 Å². The number of carbonyl (C=O) groups excluding carboxylic acids is 2. The lowest BCUT2D eigenvalue weighted by molar-refractivity contribution is -0.138. The van der Waals surface area contributed by atoms with Gasteiger partial charge in [-0.2, -0.15) is 0 Å². The van der Waals surface area contributed by atoms with E-state index in [9.17, 15) is 24.2 Å². The number of halogens is 1. The highest BCUT2D eigenvalue weighted by Gasteiger charge is 2.37. The summed E-state index contributed by atoms with van der Waals surface area (Å²) in [5.41, 5.74) is 3.08. The Labute approximate surface area is 218 Å². The van der Waals surface area contributed by atoms with E-state index < -0.39 is 35.9 Å². The third-order valence-corrected chi connectivity index (χ3v) is 7.09. The molecule has 2 amide bonds. The number of aromatic nitrogens is 2. The molecule has 1 aliphatic heterocycles. The second-order valence-electron chi connectivity index (χ2n) is 10.0. The van der Waals surface area contributed by atoms with Crippen molar-refractivity contribution in [2.75, 3.05) is 26.8 Å². The normalized spacial score (nSPS) is 20.0. The molecule has 3 atom stereocenters. The first kappa shape index (κ1) is 25.9. The second kappa shape index (κ2) is 10.2. The van der Waals surface area contributed by atoms with Crippen molar-refractivity contribution in [3.05, 3.63) is 41.5 Å². The number of aromatic amines is 1. The summed E-state index contributed by atoms with van der Waals surface area (Å²) in [6.07, 6.45) is 1.56. The minimum Gasteiger partial charge on any atom is -0.494 e. The van der Waals surface area contributed by atoms with Crippen LogP contribution in [0.3, 0.4) is 0 Å². The number of hydrogen-bond donors (Lipinski definition) is 4. The van der Waals surface area contributed by atoms with Crippen LogP contribution in [0.5, 0.6) is 11.5 Å². The molecule has 0 radical (unpaired) electrons. The number of nitrogens with zero attached hydrogens (tertiary/aromatic N) is 2. The predicted molar refractivity (Wildman–Crippen MR) is 137 cm³/mol. The van der Waals surface area contributed by atoms with Crippen LogP contribution in [0.2, 0.25) is 0 Å². The van der Waals surface area contributed by atoms with E-state index in [0.717, 1.165) is 12.8 Å². The highest BCUT2D eigenvalue weighted by molar-refractivity contribution is 6.10. The molecule has 2 aromatic heterocycles. The van der Waals surface area contributed by atoms with E-state index in [0.29, 0.717) is 51.7 Å². The molecular weight excluding hydrogens is 495 g/mol. The van der Waals surface area contributed by atoms with Crippen molar-refractivity contribution < 1.29 is 33.7 Å². The summed E-state index contributed by atoms with van der Waals surface area (Å²) in [6, 6.07) is 3.94. The quantitative estimate of drug-likeness (QED) is 0.353. The zero-order valence-electron chi connectivity index (χ0n) is 21.5. The molecule has 4 N–H and O–H groups in total. The number of hydrogen-bond acceptors (Lipinski definition) is 7. The molecule has 0 bridgehead atoms. The first-order valence-corrected chi connectivity index (χ1v) is 12.6. The number of nitrogens with one attached hydrogen (secondary N) is 2. The Morgan fingerprint density at radius 2 is 2.03 bits per heavy atom.